The first-order chi connectivity index (χ1) is 5.54. The van der Waals surface area contributed by atoms with E-state index in [1.807, 2.05) is 0 Å². The van der Waals surface area contributed by atoms with E-state index in [9.17, 15) is 4.79 Å². The van der Waals surface area contributed by atoms with Crippen molar-refractivity contribution in [1.29, 1.82) is 0 Å². The summed E-state index contributed by atoms with van der Waals surface area (Å²) >= 11 is 1.77. The summed E-state index contributed by atoms with van der Waals surface area (Å²) in [6, 6.07) is 0. The Hall–Kier alpha value is -0.440. The van der Waals surface area contributed by atoms with Crippen LogP contribution in [0.25, 0.3) is 0 Å². The van der Waals surface area contributed by atoms with Crippen molar-refractivity contribution in [3.05, 3.63) is 11.6 Å². The van der Waals surface area contributed by atoms with E-state index in [0.717, 1.165) is 11.5 Å². The van der Waals surface area contributed by atoms with Gasteiger partial charge in [-0.1, -0.05) is 19.9 Å². The SMILES string of the molecule is CC(=CCSCC(C)C)C(=O)O. The molecule has 0 fully saturated rings. The van der Waals surface area contributed by atoms with E-state index in [-0.39, 0.29) is 0 Å². The van der Waals surface area contributed by atoms with Crippen molar-refractivity contribution in [2.75, 3.05) is 11.5 Å². The summed E-state index contributed by atoms with van der Waals surface area (Å²) in [7, 11) is 0. The van der Waals surface area contributed by atoms with Crippen molar-refractivity contribution in [2.24, 2.45) is 5.92 Å². The Morgan fingerprint density at radius 3 is 2.58 bits per heavy atom. The van der Waals surface area contributed by atoms with Gasteiger partial charge in [-0.3, -0.25) is 0 Å². The largest absolute Gasteiger partial charge is 0.478 e. The zero-order valence-corrected chi connectivity index (χ0v) is 8.65. The average Bonchev–Trinajstić information content (AvgIpc) is 1.97. The van der Waals surface area contributed by atoms with Crippen molar-refractivity contribution in [1.82, 2.24) is 0 Å². The Bertz CT molecular complexity index is 173. The minimum Gasteiger partial charge on any atom is -0.478 e. The lowest BCUT2D eigenvalue weighted by Crippen LogP contribution is -1.97. The molecule has 0 aromatic heterocycles. The number of carbonyl (C=O) groups is 1. The van der Waals surface area contributed by atoms with Crippen molar-refractivity contribution in [3.8, 4) is 0 Å². The van der Waals surface area contributed by atoms with Gasteiger partial charge in [0.1, 0.15) is 0 Å². The number of aliphatic carboxylic acids is 1. The topological polar surface area (TPSA) is 37.3 Å². The third-order valence-corrected chi connectivity index (χ3v) is 2.60. The molecule has 0 aromatic rings. The Balaban J connectivity index is 3.54. The fourth-order valence-corrected chi connectivity index (χ4v) is 1.55. The number of carboxylic acids is 1. The number of carboxylic acid groups (broad SMARTS) is 1. The second-order valence-electron chi connectivity index (χ2n) is 3.12. The van der Waals surface area contributed by atoms with E-state index in [4.69, 9.17) is 5.11 Å². The van der Waals surface area contributed by atoms with Crippen LogP contribution < -0.4 is 0 Å². The van der Waals surface area contributed by atoms with Crippen LogP contribution in [0.15, 0.2) is 11.6 Å². The van der Waals surface area contributed by atoms with Crippen molar-refractivity contribution in [2.45, 2.75) is 20.8 Å². The van der Waals surface area contributed by atoms with Crippen LogP contribution in [-0.2, 0) is 4.79 Å². The Kier molecular flexibility index (Phi) is 5.89. The van der Waals surface area contributed by atoms with Gasteiger partial charge < -0.3 is 5.11 Å². The van der Waals surface area contributed by atoms with E-state index in [0.29, 0.717) is 11.5 Å². The highest BCUT2D eigenvalue weighted by molar-refractivity contribution is 7.99. The molecule has 0 aromatic carbocycles. The highest BCUT2D eigenvalue weighted by atomic mass is 32.2. The Morgan fingerprint density at radius 2 is 2.17 bits per heavy atom. The Morgan fingerprint density at radius 1 is 1.58 bits per heavy atom. The van der Waals surface area contributed by atoms with Crippen LogP contribution in [0.1, 0.15) is 20.8 Å². The molecule has 0 radical (unpaired) electrons. The third-order valence-electron chi connectivity index (χ3n) is 1.30. The summed E-state index contributed by atoms with van der Waals surface area (Å²) in [4.78, 5) is 10.3. The summed E-state index contributed by atoms with van der Waals surface area (Å²) in [5.74, 6) is 1.74. The molecule has 1 N–H and O–H groups in total. The van der Waals surface area contributed by atoms with E-state index >= 15 is 0 Å². The fraction of sp³-hybridized carbons (Fsp3) is 0.667. The zero-order chi connectivity index (χ0) is 9.56. The highest BCUT2D eigenvalue weighted by Gasteiger charge is 1.98. The van der Waals surface area contributed by atoms with Crippen LogP contribution >= 0.6 is 11.8 Å². The monoisotopic (exact) mass is 188 g/mol. The summed E-state index contributed by atoms with van der Waals surface area (Å²) < 4.78 is 0. The fourth-order valence-electron chi connectivity index (χ4n) is 0.575. The lowest BCUT2D eigenvalue weighted by atomic mass is 10.3. The maximum absolute atomic E-state index is 10.3. The number of thioether (sulfide) groups is 1. The van der Waals surface area contributed by atoms with Gasteiger partial charge in [-0.2, -0.15) is 11.8 Å². The van der Waals surface area contributed by atoms with Crippen LogP contribution in [0.2, 0.25) is 0 Å². The van der Waals surface area contributed by atoms with Crippen LogP contribution in [0.3, 0.4) is 0 Å². The Labute approximate surface area is 78.0 Å². The molecule has 0 amide bonds. The van der Waals surface area contributed by atoms with Crippen molar-refractivity contribution >= 4 is 17.7 Å². The molecule has 0 saturated heterocycles. The van der Waals surface area contributed by atoms with Gasteiger partial charge in [-0.25, -0.2) is 4.79 Å². The van der Waals surface area contributed by atoms with Gasteiger partial charge >= 0.3 is 5.97 Å². The second-order valence-corrected chi connectivity index (χ2v) is 4.20. The standard InChI is InChI=1S/C9H16O2S/c1-7(2)6-12-5-4-8(3)9(10)11/h4,7H,5-6H2,1-3H3,(H,10,11). The molecule has 0 saturated carbocycles. The van der Waals surface area contributed by atoms with Gasteiger partial charge in [0, 0.05) is 11.3 Å². The molecule has 0 rings (SSSR count). The minimum absolute atomic E-state index is 0.436. The highest BCUT2D eigenvalue weighted by Crippen LogP contribution is 2.08. The van der Waals surface area contributed by atoms with Crippen LogP contribution in [-0.4, -0.2) is 22.6 Å². The van der Waals surface area contributed by atoms with E-state index in [1.54, 1.807) is 24.8 Å². The molecule has 0 atom stereocenters. The molecular weight excluding hydrogens is 172 g/mol. The van der Waals surface area contributed by atoms with E-state index < -0.39 is 5.97 Å². The van der Waals surface area contributed by atoms with Gasteiger partial charge in [-0.05, 0) is 18.6 Å². The quantitative estimate of drug-likeness (QED) is 0.532. The van der Waals surface area contributed by atoms with Gasteiger partial charge in [0.15, 0.2) is 0 Å². The van der Waals surface area contributed by atoms with Crippen LogP contribution in [0.4, 0.5) is 0 Å². The minimum atomic E-state index is -0.819. The molecule has 0 aliphatic heterocycles. The summed E-state index contributed by atoms with van der Waals surface area (Å²) in [5, 5.41) is 8.51. The third kappa shape index (κ3) is 6.28. The zero-order valence-electron chi connectivity index (χ0n) is 7.83. The number of hydrogen-bond acceptors (Lipinski definition) is 2. The first-order valence-corrected chi connectivity index (χ1v) is 5.17. The van der Waals surface area contributed by atoms with Crippen molar-refractivity contribution < 1.29 is 9.90 Å². The molecule has 0 bridgehead atoms. The predicted octanol–water partition coefficient (Wildman–Crippen LogP) is 2.41. The molecule has 70 valence electrons. The molecule has 0 spiro atoms. The molecule has 12 heavy (non-hydrogen) atoms. The molecule has 0 aliphatic rings. The first-order valence-electron chi connectivity index (χ1n) is 4.01. The van der Waals surface area contributed by atoms with Crippen molar-refractivity contribution in [3.63, 3.8) is 0 Å². The number of hydrogen-bond donors (Lipinski definition) is 1. The van der Waals surface area contributed by atoms with Gasteiger partial charge in [0.25, 0.3) is 0 Å². The summed E-state index contributed by atoms with van der Waals surface area (Å²) in [6.07, 6.45) is 1.76. The summed E-state index contributed by atoms with van der Waals surface area (Å²) in [5.41, 5.74) is 0.436. The smallest absolute Gasteiger partial charge is 0.330 e. The normalized spacial score (nSPS) is 12.2. The van der Waals surface area contributed by atoms with E-state index in [2.05, 4.69) is 13.8 Å². The second kappa shape index (κ2) is 6.12. The molecule has 2 nitrogen and oxygen atoms in total. The van der Waals surface area contributed by atoms with E-state index in [1.165, 1.54) is 0 Å². The van der Waals surface area contributed by atoms with Crippen LogP contribution in [0, 0.1) is 5.92 Å². The van der Waals surface area contributed by atoms with Crippen LogP contribution in [0.5, 0.6) is 0 Å². The molecule has 0 unspecified atom stereocenters. The lowest BCUT2D eigenvalue weighted by Gasteiger charge is -2.01. The molecule has 0 aliphatic carbocycles. The number of rotatable bonds is 5. The molecule has 3 heteroatoms. The predicted molar refractivity (Wildman–Crippen MR) is 53.6 cm³/mol. The van der Waals surface area contributed by atoms with Gasteiger partial charge in [-0.15, -0.1) is 0 Å². The maximum Gasteiger partial charge on any atom is 0.330 e. The maximum atomic E-state index is 10.3. The molecular formula is C9H16O2S. The summed E-state index contributed by atoms with van der Waals surface area (Å²) in [6.45, 7) is 5.93. The van der Waals surface area contributed by atoms with Gasteiger partial charge in [0.05, 0.1) is 0 Å². The molecule has 0 heterocycles. The first kappa shape index (κ1) is 11.6. The van der Waals surface area contributed by atoms with Gasteiger partial charge in [0.2, 0.25) is 0 Å². The lowest BCUT2D eigenvalue weighted by molar-refractivity contribution is -0.132. The average molecular weight is 188 g/mol.